The van der Waals surface area contributed by atoms with Gasteiger partial charge in [-0.1, -0.05) is 39.3 Å². The highest BCUT2D eigenvalue weighted by Crippen LogP contribution is 2.34. The minimum Gasteiger partial charge on any atom is -0.493 e. The first-order valence-corrected chi connectivity index (χ1v) is 11.0. The Morgan fingerprint density at radius 3 is 2.23 bits per heavy atom. The average Bonchev–Trinajstić information content (AvgIpc) is 2.75. The number of hydrogen-bond acceptors (Lipinski definition) is 4. The Balaban J connectivity index is 2.28. The molecule has 0 atom stereocenters. The molecule has 4 heteroatoms. The molecule has 0 saturated heterocycles. The molecule has 4 nitrogen and oxygen atoms in total. The average molecular weight is 423 g/mol. The summed E-state index contributed by atoms with van der Waals surface area (Å²) < 4.78 is 17.5. The molecular formula is C27H34O4. The number of carbonyl (C=O) groups is 1. The number of carbonyl (C=O) groups excluding carboxylic acids is 1. The Morgan fingerprint density at radius 2 is 1.61 bits per heavy atom. The van der Waals surface area contributed by atoms with Crippen LogP contribution in [0.5, 0.6) is 17.2 Å². The zero-order valence-corrected chi connectivity index (χ0v) is 19.2. The van der Waals surface area contributed by atoms with Crippen molar-refractivity contribution >= 4 is 11.9 Å². The molecular weight excluding hydrogens is 388 g/mol. The van der Waals surface area contributed by atoms with Gasteiger partial charge in [0, 0.05) is 5.56 Å². The van der Waals surface area contributed by atoms with Gasteiger partial charge in [0.1, 0.15) is 17.2 Å². The van der Waals surface area contributed by atoms with Crippen LogP contribution in [0.3, 0.4) is 0 Å². The van der Waals surface area contributed by atoms with Crippen LogP contribution in [-0.2, 0) is 0 Å². The highest BCUT2D eigenvalue weighted by Gasteiger charge is 2.13. The van der Waals surface area contributed by atoms with E-state index < -0.39 is 0 Å². The van der Waals surface area contributed by atoms with E-state index in [-0.39, 0.29) is 5.78 Å². The first-order valence-electron chi connectivity index (χ1n) is 11.0. The van der Waals surface area contributed by atoms with Crippen LogP contribution in [0.2, 0.25) is 0 Å². The van der Waals surface area contributed by atoms with Gasteiger partial charge in [-0.2, -0.15) is 0 Å². The number of ether oxygens (including phenoxy) is 3. The third kappa shape index (κ3) is 7.63. The van der Waals surface area contributed by atoms with Crippen molar-refractivity contribution in [3.05, 3.63) is 71.5 Å². The largest absolute Gasteiger partial charge is 0.493 e. The lowest BCUT2D eigenvalue weighted by Gasteiger charge is -2.16. The van der Waals surface area contributed by atoms with Gasteiger partial charge >= 0.3 is 0 Å². The lowest BCUT2D eigenvalue weighted by Crippen LogP contribution is -2.04. The molecule has 0 aliphatic rings. The zero-order valence-electron chi connectivity index (χ0n) is 19.2. The summed E-state index contributed by atoms with van der Waals surface area (Å²) in [4.78, 5) is 12.8. The van der Waals surface area contributed by atoms with E-state index in [0.29, 0.717) is 30.3 Å². The zero-order chi connectivity index (χ0) is 22.6. The molecule has 0 N–H and O–H groups in total. The molecule has 0 fully saturated rings. The van der Waals surface area contributed by atoms with Crippen molar-refractivity contribution in [1.82, 2.24) is 0 Å². The van der Waals surface area contributed by atoms with Gasteiger partial charge in [-0.3, -0.25) is 4.79 Å². The lowest BCUT2D eigenvalue weighted by molar-refractivity contribution is 0.104. The summed E-state index contributed by atoms with van der Waals surface area (Å²) >= 11 is 0. The Bertz CT molecular complexity index is 894. The maximum atomic E-state index is 12.8. The Morgan fingerprint density at radius 1 is 0.968 bits per heavy atom. The van der Waals surface area contributed by atoms with Crippen molar-refractivity contribution in [2.75, 3.05) is 13.2 Å². The predicted octanol–water partition coefficient (Wildman–Crippen LogP) is 7.16. The van der Waals surface area contributed by atoms with Crippen LogP contribution in [0.15, 0.2) is 54.8 Å². The van der Waals surface area contributed by atoms with Crippen LogP contribution in [-0.4, -0.2) is 19.0 Å². The molecule has 0 aliphatic heterocycles. The highest BCUT2D eigenvalue weighted by atomic mass is 16.5. The molecule has 0 unspecified atom stereocenters. The maximum Gasteiger partial charge on any atom is 0.185 e. The van der Waals surface area contributed by atoms with E-state index >= 15 is 0 Å². The van der Waals surface area contributed by atoms with E-state index in [2.05, 4.69) is 20.4 Å². The minimum absolute atomic E-state index is 0.0950. The number of unbranched alkanes of at least 4 members (excludes halogenated alkanes) is 2. The molecule has 0 aromatic heterocycles. The third-order valence-corrected chi connectivity index (χ3v) is 4.68. The summed E-state index contributed by atoms with van der Waals surface area (Å²) in [5.74, 6) is 2.67. The summed E-state index contributed by atoms with van der Waals surface area (Å²) in [7, 11) is 0. The first-order chi connectivity index (χ1) is 15.0. The molecule has 2 aromatic carbocycles. The molecule has 0 radical (unpaired) electrons. The molecule has 0 bridgehead atoms. The predicted molar refractivity (Wildman–Crippen MR) is 127 cm³/mol. The van der Waals surface area contributed by atoms with Crippen LogP contribution in [0, 0.1) is 6.92 Å². The molecule has 0 saturated carbocycles. The van der Waals surface area contributed by atoms with Gasteiger partial charge in [-0.15, -0.1) is 0 Å². The van der Waals surface area contributed by atoms with E-state index in [4.69, 9.17) is 14.2 Å². The summed E-state index contributed by atoms with van der Waals surface area (Å²) in [6, 6.07) is 11.0. The molecule has 0 amide bonds. The fourth-order valence-electron chi connectivity index (χ4n) is 2.95. The van der Waals surface area contributed by atoms with E-state index in [0.717, 1.165) is 48.3 Å². The molecule has 0 spiro atoms. The van der Waals surface area contributed by atoms with Crippen molar-refractivity contribution < 1.29 is 19.0 Å². The second-order valence-corrected chi connectivity index (χ2v) is 7.55. The number of benzene rings is 2. The highest BCUT2D eigenvalue weighted by molar-refractivity contribution is 6.07. The van der Waals surface area contributed by atoms with Gasteiger partial charge in [0.25, 0.3) is 0 Å². The summed E-state index contributed by atoms with van der Waals surface area (Å²) in [6.45, 7) is 13.0. The summed E-state index contributed by atoms with van der Waals surface area (Å²) in [6.07, 6.45) is 7.43. The van der Waals surface area contributed by atoms with Crippen molar-refractivity contribution in [3.8, 4) is 17.2 Å². The van der Waals surface area contributed by atoms with Gasteiger partial charge in [0.2, 0.25) is 0 Å². The van der Waals surface area contributed by atoms with Crippen LogP contribution >= 0.6 is 0 Å². The molecule has 2 aromatic rings. The molecule has 31 heavy (non-hydrogen) atoms. The van der Waals surface area contributed by atoms with Crippen molar-refractivity contribution in [3.63, 3.8) is 0 Å². The number of hydrogen-bond donors (Lipinski definition) is 0. The van der Waals surface area contributed by atoms with Gasteiger partial charge in [-0.05, 0) is 74.7 Å². The summed E-state index contributed by atoms with van der Waals surface area (Å²) in [5.41, 5.74) is 2.41. The second-order valence-electron chi connectivity index (χ2n) is 7.55. The number of aryl methyl sites for hydroxylation is 1. The molecule has 0 aliphatic carbocycles. The van der Waals surface area contributed by atoms with Gasteiger partial charge < -0.3 is 14.2 Å². The van der Waals surface area contributed by atoms with E-state index in [9.17, 15) is 4.79 Å². The molecule has 0 heterocycles. The van der Waals surface area contributed by atoms with Crippen molar-refractivity contribution in [1.29, 1.82) is 0 Å². The number of ketones is 1. The van der Waals surface area contributed by atoms with Gasteiger partial charge in [-0.25, -0.2) is 0 Å². The smallest absolute Gasteiger partial charge is 0.185 e. The van der Waals surface area contributed by atoms with Gasteiger partial charge in [0.15, 0.2) is 5.78 Å². The Hall–Kier alpha value is -3.01. The monoisotopic (exact) mass is 422 g/mol. The van der Waals surface area contributed by atoms with Crippen LogP contribution in [0.25, 0.3) is 6.08 Å². The first kappa shape index (κ1) is 24.3. The van der Waals surface area contributed by atoms with Crippen molar-refractivity contribution in [2.45, 2.75) is 53.4 Å². The fraction of sp³-hybridized carbons (Fsp3) is 0.370. The van der Waals surface area contributed by atoms with Crippen molar-refractivity contribution in [2.24, 2.45) is 0 Å². The standard InChI is InChI=1S/C27H34O4/c1-6-8-18-29-26-17-10-21(5)27(30-19-9-7-2)24(26)15-16-25(28)22-11-13-23(14-12-22)31-20(3)4/h10-17H,3,6-9,18-19H2,1-2,4-5H3. The second kappa shape index (κ2) is 12.6. The van der Waals surface area contributed by atoms with Gasteiger partial charge in [0.05, 0.1) is 24.5 Å². The van der Waals surface area contributed by atoms with Crippen LogP contribution < -0.4 is 14.2 Å². The van der Waals surface area contributed by atoms with E-state index in [1.807, 2.05) is 19.1 Å². The van der Waals surface area contributed by atoms with E-state index in [1.54, 1.807) is 43.3 Å². The maximum absolute atomic E-state index is 12.8. The Kier molecular flexibility index (Phi) is 9.89. The lowest BCUT2D eigenvalue weighted by atomic mass is 10.1. The number of rotatable bonds is 13. The topological polar surface area (TPSA) is 44.8 Å². The quantitative estimate of drug-likeness (QED) is 0.149. The number of allylic oxidation sites excluding steroid dienone is 2. The van der Waals surface area contributed by atoms with Crippen LogP contribution in [0.4, 0.5) is 0 Å². The molecule has 2 rings (SSSR count). The molecule has 166 valence electrons. The van der Waals surface area contributed by atoms with Crippen LogP contribution in [0.1, 0.15) is 67.9 Å². The third-order valence-electron chi connectivity index (χ3n) is 4.68. The Labute approximate surface area is 186 Å². The normalized spacial score (nSPS) is 10.8. The summed E-state index contributed by atoms with van der Waals surface area (Å²) in [5, 5.41) is 0. The van der Waals surface area contributed by atoms with E-state index in [1.165, 1.54) is 0 Å². The minimum atomic E-state index is -0.0950. The fourth-order valence-corrected chi connectivity index (χ4v) is 2.95. The SMILES string of the molecule is C=C(C)Oc1ccc(C(=O)C=Cc2c(OCCCC)ccc(C)c2OCCCC)cc1.